The Balaban J connectivity index is 1.52. The second kappa shape index (κ2) is 11.8. The second-order valence-electron chi connectivity index (χ2n) is 10.3. The lowest BCUT2D eigenvalue weighted by Gasteiger charge is -2.33. The molecular formula is C30H36ClN3O3S. The number of benzene rings is 3. The highest BCUT2D eigenvalue weighted by Crippen LogP contribution is 2.29. The van der Waals surface area contributed by atoms with Gasteiger partial charge >= 0.3 is 0 Å². The number of sulfonamides is 1. The third-order valence-electron chi connectivity index (χ3n) is 7.12. The number of rotatable bonds is 8. The molecule has 202 valence electrons. The zero-order valence-electron chi connectivity index (χ0n) is 22.4. The highest BCUT2D eigenvalue weighted by atomic mass is 35.5. The van der Waals surface area contributed by atoms with E-state index in [-0.39, 0.29) is 17.5 Å². The van der Waals surface area contributed by atoms with Gasteiger partial charge in [-0.25, -0.2) is 8.42 Å². The molecule has 8 heteroatoms. The zero-order chi connectivity index (χ0) is 27.4. The number of amides is 1. The number of anilines is 2. The lowest BCUT2D eigenvalue weighted by Crippen LogP contribution is -2.42. The molecule has 2 unspecified atom stereocenters. The molecule has 0 saturated carbocycles. The lowest BCUT2D eigenvalue weighted by atomic mass is 9.99. The third kappa shape index (κ3) is 6.51. The van der Waals surface area contributed by atoms with Crippen LogP contribution in [0.15, 0.2) is 71.6 Å². The molecule has 2 atom stereocenters. The van der Waals surface area contributed by atoms with Gasteiger partial charge in [-0.05, 0) is 93.1 Å². The molecule has 1 aliphatic rings. The van der Waals surface area contributed by atoms with Crippen LogP contribution in [0.2, 0.25) is 5.02 Å². The van der Waals surface area contributed by atoms with E-state index in [0.717, 1.165) is 28.5 Å². The maximum Gasteiger partial charge on any atom is 0.264 e. The first-order chi connectivity index (χ1) is 18.0. The largest absolute Gasteiger partial charge is 0.371 e. The quantitative estimate of drug-likeness (QED) is 0.357. The van der Waals surface area contributed by atoms with Crippen LogP contribution in [0.4, 0.5) is 11.4 Å². The van der Waals surface area contributed by atoms with Crippen LogP contribution in [0, 0.1) is 19.8 Å². The number of hydrogen-bond donors (Lipinski definition) is 1. The fraction of sp³-hybridized carbons (Fsp3) is 0.367. The zero-order valence-corrected chi connectivity index (χ0v) is 24.0. The van der Waals surface area contributed by atoms with E-state index < -0.39 is 15.9 Å². The molecule has 1 aliphatic heterocycles. The Morgan fingerprint density at radius 2 is 1.76 bits per heavy atom. The molecule has 0 bridgehead atoms. The fourth-order valence-corrected chi connectivity index (χ4v) is 6.65. The topological polar surface area (TPSA) is 69.7 Å². The van der Waals surface area contributed by atoms with Crippen LogP contribution < -0.4 is 14.5 Å². The van der Waals surface area contributed by atoms with Gasteiger partial charge in [0, 0.05) is 23.8 Å². The monoisotopic (exact) mass is 553 g/mol. The number of piperidine rings is 1. The van der Waals surface area contributed by atoms with Gasteiger partial charge in [0.2, 0.25) is 5.91 Å². The molecule has 0 radical (unpaired) electrons. The summed E-state index contributed by atoms with van der Waals surface area (Å²) >= 11 is 6.13. The number of carbonyl (C=O) groups is 1. The number of halogens is 1. The molecule has 0 spiro atoms. The summed E-state index contributed by atoms with van der Waals surface area (Å²) in [5.74, 6) is 0.293. The van der Waals surface area contributed by atoms with E-state index in [4.69, 9.17) is 11.6 Å². The van der Waals surface area contributed by atoms with Crippen molar-refractivity contribution in [2.24, 2.45) is 5.92 Å². The molecule has 1 fully saturated rings. The predicted molar refractivity (Wildman–Crippen MR) is 156 cm³/mol. The van der Waals surface area contributed by atoms with Gasteiger partial charge in [0.1, 0.15) is 6.54 Å². The van der Waals surface area contributed by atoms with Crippen molar-refractivity contribution < 1.29 is 13.2 Å². The summed E-state index contributed by atoms with van der Waals surface area (Å²) in [7, 11) is -4.00. The molecule has 38 heavy (non-hydrogen) atoms. The van der Waals surface area contributed by atoms with E-state index >= 15 is 0 Å². The Hall–Kier alpha value is -3.03. The summed E-state index contributed by atoms with van der Waals surface area (Å²) in [6.45, 7) is 9.63. The van der Waals surface area contributed by atoms with Gasteiger partial charge in [-0.2, -0.15) is 0 Å². The normalized spacial score (nSPS) is 16.7. The number of nitrogens with one attached hydrogen (secondary N) is 1. The Morgan fingerprint density at radius 3 is 2.39 bits per heavy atom. The maximum absolute atomic E-state index is 13.7. The highest BCUT2D eigenvalue weighted by Gasteiger charge is 2.29. The van der Waals surface area contributed by atoms with Crippen molar-refractivity contribution in [2.45, 2.75) is 51.5 Å². The molecule has 3 aromatic rings. The molecule has 1 heterocycles. The van der Waals surface area contributed by atoms with Crippen LogP contribution in [-0.2, 0) is 14.8 Å². The summed E-state index contributed by atoms with van der Waals surface area (Å²) in [5.41, 5.74) is 4.18. The van der Waals surface area contributed by atoms with Crippen LogP contribution >= 0.6 is 11.6 Å². The van der Waals surface area contributed by atoms with Gasteiger partial charge < -0.3 is 10.2 Å². The number of carbonyl (C=O) groups excluding carboxylic acids is 1. The third-order valence-corrected chi connectivity index (χ3v) is 9.13. The minimum atomic E-state index is -4.00. The van der Waals surface area contributed by atoms with Crippen LogP contribution in [0.3, 0.4) is 0 Å². The first-order valence-corrected chi connectivity index (χ1v) is 14.9. The van der Waals surface area contributed by atoms with Crippen LogP contribution in [0.25, 0.3) is 0 Å². The van der Waals surface area contributed by atoms with Crippen molar-refractivity contribution in [3.8, 4) is 0 Å². The summed E-state index contributed by atoms with van der Waals surface area (Å²) in [5, 5.41) is 3.48. The van der Waals surface area contributed by atoms with Crippen molar-refractivity contribution in [1.29, 1.82) is 0 Å². The first kappa shape index (κ1) is 28.0. The van der Waals surface area contributed by atoms with Gasteiger partial charge in [-0.1, -0.05) is 48.4 Å². The average Bonchev–Trinajstić information content (AvgIpc) is 2.88. The molecule has 4 rings (SSSR count). The summed E-state index contributed by atoms with van der Waals surface area (Å²) in [4.78, 5) is 15.8. The van der Waals surface area contributed by atoms with E-state index in [0.29, 0.717) is 22.2 Å². The maximum atomic E-state index is 13.7. The number of aryl methyl sites for hydroxylation is 2. The van der Waals surface area contributed by atoms with Crippen molar-refractivity contribution >= 4 is 38.9 Å². The van der Waals surface area contributed by atoms with Crippen molar-refractivity contribution in [3.63, 3.8) is 0 Å². The molecule has 0 aliphatic carbocycles. The Kier molecular flexibility index (Phi) is 8.68. The highest BCUT2D eigenvalue weighted by molar-refractivity contribution is 7.92. The predicted octanol–water partition coefficient (Wildman–Crippen LogP) is 6.27. The molecular weight excluding hydrogens is 518 g/mol. The van der Waals surface area contributed by atoms with Gasteiger partial charge in [0.15, 0.2) is 0 Å². The van der Waals surface area contributed by atoms with Crippen molar-refractivity contribution in [1.82, 2.24) is 5.32 Å². The number of nitrogens with zero attached hydrogens (tertiary/aromatic N) is 2. The Bertz CT molecular complexity index is 1370. The van der Waals surface area contributed by atoms with Gasteiger partial charge in [-0.15, -0.1) is 0 Å². The van der Waals surface area contributed by atoms with E-state index in [9.17, 15) is 13.2 Å². The van der Waals surface area contributed by atoms with Gasteiger partial charge in [0.05, 0.1) is 16.6 Å². The molecule has 1 saturated heterocycles. The SMILES string of the molecule is Cc1ccc(S(=O)(=O)N(CC(=O)NC(C)c2ccc(N3CCCC(C)C3)cc2)c2ccc(Cl)cc2C)cc1. The van der Waals surface area contributed by atoms with Crippen LogP contribution in [-0.4, -0.2) is 34.0 Å². The Morgan fingerprint density at radius 1 is 1.08 bits per heavy atom. The minimum Gasteiger partial charge on any atom is -0.371 e. The fourth-order valence-electron chi connectivity index (χ4n) is 4.93. The molecule has 0 aromatic heterocycles. The molecule has 6 nitrogen and oxygen atoms in total. The lowest BCUT2D eigenvalue weighted by molar-refractivity contribution is -0.120. The van der Waals surface area contributed by atoms with Gasteiger partial charge in [0.25, 0.3) is 10.0 Å². The van der Waals surface area contributed by atoms with E-state index in [1.165, 1.54) is 18.5 Å². The van der Waals surface area contributed by atoms with E-state index in [1.807, 2.05) is 26.0 Å². The molecule has 1 N–H and O–H groups in total. The first-order valence-electron chi connectivity index (χ1n) is 13.0. The standard InChI is InChI=1S/C30H36ClN3O3S/c1-21-7-14-28(15-8-21)38(36,37)34(29-16-11-26(31)18-23(29)3)20-30(35)32-24(4)25-9-12-27(13-10-25)33-17-5-6-22(2)19-33/h7-16,18,22,24H,5-6,17,19-20H2,1-4H3,(H,32,35). The van der Waals surface area contributed by atoms with Crippen molar-refractivity contribution in [3.05, 3.63) is 88.4 Å². The van der Waals surface area contributed by atoms with Crippen LogP contribution in [0.1, 0.15) is 49.4 Å². The van der Waals surface area contributed by atoms with Crippen LogP contribution in [0.5, 0.6) is 0 Å². The summed E-state index contributed by atoms with van der Waals surface area (Å²) in [6, 6.07) is 19.6. The Labute approximate surface area is 231 Å². The molecule has 3 aromatic carbocycles. The van der Waals surface area contributed by atoms with Crippen molar-refractivity contribution in [2.75, 3.05) is 28.8 Å². The van der Waals surface area contributed by atoms with E-state index in [2.05, 4.69) is 29.3 Å². The number of hydrogen-bond acceptors (Lipinski definition) is 4. The van der Waals surface area contributed by atoms with E-state index in [1.54, 1.807) is 49.4 Å². The smallest absolute Gasteiger partial charge is 0.264 e. The minimum absolute atomic E-state index is 0.126. The summed E-state index contributed by atoms with van der Waals surface area (Å²) < 4.78 is 28.5. The second-order valence-corrected chi connectivity index (χ2v) is 12.6. The molecule has 1 amide bonds. The summed E-state index contributed by atoms with van der Waals surface area (Å²) in [6.07, 6.45) is 2.47. The average molecular weight is 554 g/mol. The van der Waals surface area contributed by atoms with Gasteiger partial charge in [-0.3, -0.25) is 9.10 Å².